The number of aryl methyl sites for hydroxylation is 3. The van der Waals surface area contributed by atoms with Gasteiger partial charge in [-0.25, -0.2) is 0 Å². The molecule has 3 nitrogen and oxygen atoms in total. The van der Waals surface area contributed by atoms with E-state index < -0.39 is 0 Å². The van der Waals surface area contributed by atoms with Gasteiger partial charge in [-0.3, -0.25) is 4.98 Å². The van der Waals surface area contributed by atoms with Gasteiger partial charge in [0.1, 0.15) is 5.75 Å². The van der Waals surface area contributed by atoms with Crippen molar-refractivity contribution in [1.29, 1.82) is 0 Å². The molecule has 20 heavy (non-hydrogen) atoms. The monoisotopic (exact) mass is 271 g/mol. The second kappa shape index (κ2) is 7.06. The van der Waals surface area contributed by atoms with Crippen LogP contribution in [0.15, 0.2) is 36.5 Å². The number of aliphatic hydroxyl groups is 1. The summed E-state index contributed by atoms with van der Waals surface area (Å²) in [6.45, 7) is 1.61. The minimum atomic E-state index is -0.136. The molecule has 2 rings (SSSR count). The van der Waals surface area contributed by atoms with Crippen LogP contribution in [0.5, 0.6) is 5.75 Å². The predicted octanol–water partition coefficient (Wildman–Crippen LogP) is 3.15. The van der Waals surface area contributed by atoms with Gasteiger partial charge in [-0.1, -0.05) is 30.3 Å². The number of hydrogen-bond acceptors (Lipinski definition) is 3. The standard InChI is InChI=1S/C17H21NO2/c1-13-17(20)16(12-19)15(11-18-13)10-6-5-9-14-7-3-2-4-8-14/h2-4,7-8,11,19-20H,5-6,9-10,12H2,1H3. The molecule has 0 atom stereocenters. The highest BCUT2D eigenvalue weighted by Gasteiger charge is 2.10. The van der Waals surface area contributed by atoms with Crippen LogP contribution in [0, 0.1) is 6.92 Å². The van der Waals surface area contributed by atoms with E-state index in [0.717, 1.165) is 31.2 Å². The van der Waals surface area contributed by atoms with Gasteiger partial charge in [-0.15, -0.1) is 0 Å². The first-order chi connectivity index (χ1) is 9.72. The summed E-state index contributed by atoms with van der Waals surface area (Å²) in [5, 5.41) is 19.3. The smallest absolute Gasteiger partial charge is 0.142 e. The number of rotatable bonds is 6. The Hall–Kier alpha value is -1.87. The zero-order valence-corrected chi connectivity index (χ0v) is 11.8. The van der Waals surface area contributed by atoms with E-state index in [-0.39, 0.29) is 12.4 Å². The Balaban J connectivity index is 1.90. The molecule has 0 aliphatic rings. The van der Waals surface area contributed by atoms with Gasteiger partial charge in [0.05, 0.1) is 12.3 Å². The van der Waals surface area contributed by atoms with E-state index in [1.54, 1.807) is 13.1 Å². The quantitative estimate of drug-likeness (QED) is 0.794. The van der Waals surface area contributed by atoms with Gasteiger partial charge >= 0.3 is 0 Å². The molecule has 2 N–H and O–H groups in total. The molecule has 0 unspecified atom stereocenters. The Kier molecular flexibility index (Phi) is 5.13. The second-order valence-electron chi connectivity index (χ2n) is 5.05. The molecule has 0 amide bonds. The largest absolute Gasteiger partial charge is 0.506 e. The van der Waals surface area contributed by atoms with E-state index in [1.807, 2.05) is 6.07 Å². The Morgan fingerprint density at radius 2 is 1.75 bits per heavy atom. The fourth-order valence-electron chi connectivity index (χ4n) is 2.37. The lowest BCUT2D eigenvalue weighted by molar-refractivity contribution is 0.273. The maximum absolute atomic E-state index is 9.89. The third kappa shape index (κ3) is 3.58. The van der Waals surface area contributed by atoms with Crippen LogP contribution in [-0.4, -0.2) is 15.2 Å². The van der Waals surface area contributed by atoms with Crippen LogP contribution in [0.4, 0.5) is 0 Å². The number of benzene rings is 1. The summed E-state index contributed by atoms with van der Waals surface area (Å²) in [7, 11) is 0. The molecule has 0 fully saturated rings. The number of aromatic nitrogens is 1. The average Bonchev–Trinajstić information content (AvgIpc) is 2.48. The molecule has 1 aromatic carbocycles. The average molecular weight is 271 g/mol. The summed E-state index contributed by atoms with van der Waals surface area (Å²) in [4.78, 5) is 4.16. The van der Waals surface area contributed by atoms with Crippen molar-refractivity contribution in [1.82, 2.24) is 4.98 Å². The van der Waals surface area contributed by atoms with Crippen molar-refractivity contribution in [3.63, 3.8) is 0 Å². The van der Waals surface area contributed by atoms with Crippen LogP contribution in [0.3, 0.4) is 0 Å². The molecule has 0 saturated carbocycles. The normalized spacial score (nSPS) is 10.7. The van der Waals surface area contributed by atoms with E-state index in [2.05, 4.69) is 29.2 Å². The lowest BCUT2D eigenvalue weighted by Crippen LogP contribution is -1.99. The van der Waals surface area contributed by atoms with Gasteiger partial charge in [0.2, 0.25) is 0 Å². The first kappa shape index (κ1) is 14.5. The Morgan fingerprint density at radius 3 is 2.45 bits per heavy atom. The molecule has 0 aliphatic carbocycles. The summed E-state index contributed by atoms with van der Waals surface area (Å²) in [6.07, 6.45) is 5.77. The zero-order valence-electron chi connectivity index (χ0n) is 11.8. The van der Waals surface area contributed by atoms with Gasteiger partial charge in [-0.2, -0.15) is 0 Å². The zero-order chi connectivity index (χ0) is 14.4. The number of aliphatic hydroxyl groups excluding tert-OH is 1. The predicted molar refractivity (Wildman–Crippen MR) is 79.6 cm³/mol. The SMILES string of the molecule is Cc1ncc(CCCCc2ccccc2)c(CO)c1O. The summed E-state index contributed by atoms with van der Waals surface area (Å²) in [5.74, 6) is 0.132. The van der Waals surface area contributed by atoms with Crippen LogP contribution < -0.4 is 0 Å². The van der Waals surface area contributed by atoms with Crippen molar-refractivity contribution < 1.29 is 10.2 Å². The first-order valence-corrected chi connectivity index (χ1v) is 7.03. The summed E-state index contributed by atoms with van der Waals surface area (Å²) >= 11 is 0. The third-order valence-electron chi connectivity index (χ3n) is 3.59. The van der Waals surface area contributed by atoms with Crippen LogP contribution >= 0.6 is 0 Å². The fraction of sp³-hybridized carbons (Fsp3) is 0.353. The van der Waals surface area contributed by atoms with Crippen LogP contribution in [-0.2, 0) is 19.4 Å². The number of unbranched alkanes of at least 4 members (excludes halogenated alkanes) is 1. The summed E-state index contributed by atoms with van der Waals surface area (Å²) in [5.41, 5.74) is 3.49. The van der Waals surface area contributed by atoms with Crippen molar-refractivity contribution in [2.24, 2.45) is 0 Å². The lowest BCUT2D eigenvalue weighted by Gasteiger charge is -2.10. The molecule has 1 aromatic heterocycles. The van der Waals surface area contributed by atoms with Crippen molar-refractivity contribution in [3.8, 4) is 5.75 Å². The topological polar surface area (TPSA) is 53.4 Å². The Morgan fingerprint density at radius 1 is 1.05 bits per heavy atom. The van der Waals surface area contributed by atoms with Gasteiger partial charge < -0.3 is 10.2 Å². The molecular weight excluding hydrogens is 250 g/mol. The minimum absolute atomic E-state index is 0.132. The number of nitrogens with zero attached hydrogens (tertiary/aromatic N) is 1. The van der Waals surface area contributed by atoms with Crippen LogP contribution in [0.25, 0.3) is 0 Å². The van der Waals surface area contributed by atoms with Gasteiger partial charge in [0.25, 0.3) is 0 Å². The van der Waals surface area contributed by atoms with Crippen molar-refractivity contribution in [3.05, 3.63) is 58.9 Å². The van der Waals surface area contributed by atoms with Crippen molar-refractivity contribution >= 4 is 0 Å². The van der Waals surface area contributed by atoms with E-state index in [4.69, 9.17) is 0 Å². The van der Waals surface area contributed by atoms with Crippen molar-refractivity contribution in [2.75, 3.05) is 0 Å². The fourth-order valence-corrected chi connectivity index (χ4v) is 2.37. The molecule has 1 heterocycles. The Labute approximate surface area is 119 Å². The summed E-state index contributed by atoms with van der Waals surface area (Å²) in [6, 6.07) is 10.4. The molecule has 0 saturated heterocycles. The molecular formula is C17H21NO2. The highest BCUT2D eigenvalue weighted by Crippen LogP contribution is 2.24. The molecule has 0 aliphatic heterocycles. The van der Waals surface area contributed by atoms with Gasteiger partial charge in [-0.05, 0) is 43.7 Å². The molecule has 3 heteroatoms. The molecule has 2 aromatic rings. The maximum Gasteiger partial charge on any atom is 0.142 e. The molecule has 0 radical (unpaired) electrons. The number of hydrogen-bond donors (Lipinski definition) is 2. The van der Waals surface area contributed by atoms with Gasteiger partial charge in [0, 0.05) is 11.8 Å². The molecule has 106 valence electrons. The number of pyridine rings is 1. The van der Waals surface area contributed by atoms with E-state index >= 15 is 0 Å². The number of aromatic hydroxyl groups is 1. The Bertz CT molecular complexity index is 552. The van der Waals surface area contributed by atoms with Crippen molar-refractivity contribution in [2.45, 2.75) is 39.2 Å². The highest BCUT2D eigenvalue weighted by atomic mass is 16.3. The first-order valence-electron chi connectivity index (χ1n) is 7.03. The molecule has 0 spiro atoms. The van der Waals surface area contributed by atoms with Crippen LogP contribution in [0.1, 0.15) is 35.2 Å². The van der Waals surface area contributed by atoms with E-state index in [1.165, 1.54) is 5.56 Å². The van der Waals surface area contributed by atoms with Crippen LogP contribution in [0.2, 0.25) is 0 Å². The molecule has 0 bridgehead atoms. The maximum atomic E-state index is 9.89. The third-order valence-corrected chi connectivity index (χ3v) is 3.59. The highest BCUT2D eigenvalue weighted by molar-refractivity contribution is 5.40. The van der Waals surface area contributed by atoms with Gasteiger partial charge in [0.15, 0.2) is 0 Å². The lowest BCUT2D eigenvalue weighted by atomic mass is 10.0. The second-order valence-corrected chi connectivity index (χ2v) is 5.05. The van der Waals surface area contributed by atoms with E-state index in [0.29, 0.717) is 11.3 Å². The van der Waals surface area contributed by atoms with E-state index in [9.17, 15) is 10.2 Å². The minimum Gasteiger partial charge on any atom is -0.506 e. The summed E-state index contributed by atoms with van der Waals surface area (Å²) < 4.78 is 0.